The van der Waals surface area contributed by atoms with E-state index in [-0.39, 0.29) is 0 Å². The Morgan fingerprint density at radius 2 is 2.29 bits per heavy atom. The highest BCUT2D eigenvalue weighted by Crippen LogP contribution is 2.30. The van der Waals surface area contributed by atoms with Gasteiger partial charge in [-0.25, -0.2) is 0 Å². The van der Waals surface area contributed by atoms with Crippen molar-refractivity contribution in [2.24, 2.45) is 11.7 Å². The quantitative estimate of drug-likeness (QED) is 0.786. The van der Waals surface area contributed by atoms with Crippen molar-refractivity contribution >= 4 is 11.3 Å². The van der Waals surface area contributed by atoms with E-state index in [1.54, 1.807) is 0 Å². The minimum Gasteiger partial charge on any atom is -0.330 e. The molecule has 0 aromatic carbocycles. The minimum absolute atomic E-state index is 0.421. The van der Waals surface area contributed by atoms with E-state index in [0.29, 0.717) is 12.0 Å². The third-order valence-electron chi connectivity index (χ3n) is 2.79. The molecule has 0 aliphatic rings. The van der Waals surface area contributed by atoms with Crippen LogP contribution in [0.1, 0.15) is 29.8 Å². The van der Waals surface area contributed by atoms with E-state index in [1.165, 1.54) is 10.4 Å². The Bertz CT molecular complexity index is 266. The van der Waals surface area contributed by atoms with Crippen molar-refractivity contribution in [3.05, 3.63) is 21.9 Å². The van der Waals surface area contributed by atoms with Gasteiger partial charge >= 0.3 is 0 Å². The summed E-state index contributed by atoms with van der Waals surface area (Å²) in [4.78, 5) is 1.44. The Morgan fingerprint density at radius 3 is 2.64 bits per heavy atom. The van der Waals surface area contributed by atoms with Gasteiger partial charge in [0.2, 0.25) is 0 Å². The summed E-state index contributed by atoms with van der Waals surface area (Å²) >= 11 is 1.82. The van der Waals surface area contributed by atoms with Crippen molar-refractivity contribution in [1.82, 2.24) is 5.32 Å². The summed E-state index contributed by atoms with van der Waals surface area (Å²) in [6, 6.07) is 2.60. The highest BCUT2D eigenvalue weighted by molar-refractivity contribution is 7.10. The number of hydrogen-bond donors (Lipinski definition) is 2. The van der Waals surface area contributed by atoms with Crippen molar-refractivity contribution in [3.63, 3.8) is 0 Å². The van der Waals surface area contributed by atoms with Crippen LogP contribution in [0.2, 0.25) is 0 Å². The molecule has 0 saturated heterocycles. The fourth-order valence-electron chi connectivity index (χ4n) is 1.82. The van der Waals surface area contributed by atoms with Crippen molar-refractivity contribution < 1.29 is 0 Å². The number of nitrogens with one attached hydrogen (secondary N) is 1. The topological polar surface area (TPSA) is 38.0 Å². The van der Waals surface area contributed by atoms with Crippen LogP contribution in [0.4, 0.5) is 0 Å². The van der Waals surface area contributed by atoms with Gasteiger partial charge in [0, 0.05) is 10.9 Å². The van der Waals surface area contributed by atoms with Crippen LogP contribution in [-0.2, 0) is 0 Å². The molecule has 0 bridgehead atoms. The van der Waals surface area contributed by atoms with Crippen LogP contribution in [-0.4, -0.2) is 13.6 Å². The highest BCUT2D eigenvalue weighted by atomic mass is 32.1. The van der Waals surface area contributed by atoms with Crippen molar-refractivity contribution in [2.45, 2.75) is 26.3 Å². The van der Waals surface area contributed by atoms with Crippen LogP contribution in [0.15, 0.2) is 11.4 Å². The van der Waals surface area contributed by atoms with E-state index >= 15 is 0 Å². The number of rotatable bonds is 5. The lowest BCUT2D eigenvalue weighted by molar-refractivity contribution is 0.382. The molecule has 0 radical (unpaired) electrons. The zero-order chi connectivity index (χ0) is 10.6. The van der Waals surface area contributed by atoms with E-state index in [0.717, 1.165) is 13.0 Å². The predicted octanol–water partition coefficient (Wildman–Crippen LogP) is 2.30. The molecule has 2 atom stereocenters. The molecule has 3 N–H and O–H groups in total. The average molecular weight is 212 g/mol. The van der Waals surface area contributed by atoms with Gasteiger partial charge in [0.25, 0.3) is 0 Å². The summed E-state index contributed by atoms with van der Waals surface area (Å²) in [6.07, 6.45) is 1.12. The van der Waals surface area contributed by atoms with Gasteiger partial charge < -0.3 is 11.1 Å². The summed E-state index contributed by atoms with van der Waals surface area (Å²) in [6.45, 7) is 5.11. The van der Waals surface area contributed by atoms with Crippen molar-refractivity contribution in [2.75, 3.05) is 13.6 Å². The smallest absolute Gasteiger partial charge is 0.0455 e. The highest BCUT2D eigenvalue weighted by Gasteiger charge is 2.21. The maximum Gasteiger partial charge on any atom is 0.0455 e. The van der Waals surface area contributed by atoms with Gasteiger partial charge in [-0.15, -0.1) is 11.3 Å². The molecular formula is C11H20N2S. The lowest BCUT2D eigenvalue weighted by Crippen LogP contribution is -2.29. The standard InChI is InChI=1S/C11H20N2S/c1-4-9(7-12)10(13-3)11-8(2)5-6-14-11/h5-6,9-10,13H,4,7,12H2,1-3H3. The molecule has 80 valence electrons. The summed E-state index contributed by atoms with van der Waals surface area (Å²) in [7, 11) is 2.02. The first-order valence-corrected chi connectivity index (χ1v) is 6.03. The van der Waals surface area contributed by atoms with E-state index in [4.69, 9.17) is 5.73 Å². The van der Waals surface area contributed by atoms with Crippen LogP contribution < -0.4 is 11.1 Å². The third-order valence-corrected chi connectivity index (χ3v) is 3.90. The SMILES string of the molecule is CCC(CN)C(NC)c1sccc1C. The van der Waals surface area contributed by atoms with Gasteiger partial charge in [-0.2, -0.15) is 0 Å². The van der Waals surface area contributed by atoms with E-state index in [1.807, 2.05) is 18.4 Å². The summed E-state index contributed by atoms with van der Waals surface area (Å²) in [5.41, 5.74) is 7.16. The zero-order valence-corrected chi connectivity index (χ0v) is 10.0. The zero-order valence-electron chi connectivity index (χ0n) is 9.21. The molecule has 14 heavy (non-hydrogen) atoms. The first-order valence-electron chi connectivity index (χ1n) is 5.15. The summed E-state index contributed by atoms with van der Waals surface area (Å²) < 4.78 is 0. The monoisotopic (exact) mass is 212 g/mol. The second-order valence-corrected chi connectivity index (χ2v) is 4.59. The lowest BCUT2D eigenvalue weighted by Gasteiger charge is -2.24. The Labute approximate surface area is 90.5 Å². The lowest BCUT2D eigenvalue weighted by atomic mass is 9.94. The fraction of sp³-hybridized carbons (Fsp3) is 0.636. The van der Waals surface area contributed by atoms with Crippen LogP contribution in [0, 0.1) is 12.8 Å². The second kappa shape index (κ2) is 5.49. The molecule has 1 aromatic rings. The number of nitrogens with two attached hydrogens (primary N) is 1. The summed E-state index contributed by atoms with van der Waals surface area (Å²) in [5.74, 6) is 0.539. The van der Waals surface area contributed by atoms with Gasteiger partial charge in [0.1, 0.15) is 0 Å². The molecule has 0 aliphatic heterocycles. The second-order valence-electron chi connectivity index (χ2n) is 3.64. The molecule has 0 saturated carbocycles. The Morgan fingerprint density at radius 1 is 1.57 bits per heavy atom. The molecule has 0 spiro atoms. The minimum atomic E-state index is 0.421. The number of thiophene rings is 1. The summed E-state index contributed by atoms with van der Waals surface area (Å²) in [5, 5.41) is 5.53. The predicted molar refractivity (Wildman–Crippen MR) is 63.7 cm³/mol. The molecule has 0 fully saturated rings. The number of aryl methyl sites for hydroxylation is 1. The van der Waals surface area contributed by atoms with E-state index in [9.17, 15) is 0 Å². The fourth-order valence-corrected chi connectivity index (χ4v) is 2.95. The first kappa shape index (κ1) is 11.7. The maximum absolute atomic E-state index is 5.78. The van der Waals surface area contributed by atoms with Gasteiger partial charge in [0.15, 0.2) is 0 Å². The van der Waals surface area contributed by atoms with Gasteiger partial charge in [-0.1, -0.05) is 13.3 Å². The van der Waals surface area contributed by atoms with Crippen LogP contribution >= 0.6 is 11.3 Å². The molecule has 2 unspecified atom stereocenters. The molecule has 2 nitrogen and oxygen atoms in total. The van der Waals surface area contributed by atoms with Crippen LogP contribution in [0.3, 0.4) is 0 Å². The van der Waals surface area contributed by atoms with Crippen molar-refractivity contribution in [1.29, 1.82) is 0 Å². The average Bonchev–Trinajstić information content (AvgIpc) is 2.61. The van der Waals surface area contributed by atoms with Gasteiger partial charge in [-0.05, 0) is 43.4 Å². The van der Waals surface area contributed by atoms with Gasteiger partial charge in [-0.3, -0.25) is 0 Å². The van der Waals surface area contributed by atoms with E-state index in [2.05, 4.69) is 30.6 Å². The van der Waals surface area contributed by atoms with Crippen LogP contribution in [0.25, 0.3) is 0 Å². The molecule has 3 heteroatoms. The molecular weight excluding hydrogens is 192 g/mol. The molecule has 1 aromatic heterocycles. The molecule has 0 amide bonds. The molecule has 0 aliphatic carbocycles. The maximum atomic E-state index is 5.78. The largest absolute Gasteiger partial charge is 0.330 e. The Hall–Kier alpha value is -0.380. The normalized spacial score (nSPS) is 15.4. The van der Waals surface area contributed by atoms with E-state index < -0.39 is 0 Å². The number of hydrogen-bond acceptors (Lipinski definition) is 3. The molecule has 1 heterocycles. The van der Waals surface area contributed by atoms with Crippen LogP contribution in [0.5, 0.6) is 0 Å². The Balaban J connectivity index is 2.86. The van der Waals surface area contributed by atoms with Gasteiger partial charge in [0.05, 0.1) is 0 Å². The third kappa shape index (κ3) is 2.35. The first-order chi connectivity index (χ1) is 6.74. The Kier molecular flexibility index (Phi) is 4.58. The molecule has 1 rings (SSSR count). The van der Waals surface area contributed by atoms with Crippen molar-refractivity contribution in [3.8, 4) is 0 Å².